The van der Waals surface area contributed by atoms with Gasteiger partial charge in [-0.2, -0.15) is 11.3 Å². The fraction of sp³-hybridized carbons (Fsp3) is 0.143. The number of nitrogens with one attached hydrogen (secondary N) is 3. The van der Waals surface area contributed by atoms with Crippen molar-refractivity contribution in [3.63, 3.8) is 0 Å². The van der Waals surface area contributed by atoms with Crippen molar-refractivity contribution in [1.82, 2.24) is 5.32 Å². The van der Waals surface area contributed by atoms with E-state index in [1.54, 1.807) is 36.6 Å². The second kappa shape index (κ2) is 9.87. The van der Waals surface area contributed by atoms with Crippen LogP contribution in [0.5, 0.6) is 5.75 Å². The molecule has 144 valence electrons. The van der Waals surface area contributed by atoms with Crippen LogP contribution in [0.25, 0.3) is 0 Å². The molecule has 0 fully saturated rings. The first-order valence-electron chi connectivity index (χ1n) is 8.76. The van der Waals surface area contributed by atoms with Crippen molar-refractivity contribution in [3.05, 3.63) is 76.5 Å². The molecule has 0 aliphatic rings. The summed E-state index contributed by atoms with van der Waals surface area (Å²) in [6.07, 6.45) is 0.930. The fourth-order valence-corrected chi connectivity index (χ4v) is 3.52. The highest BCUT2D eigenvalue weighted by Gasteiger charge is 2.11. The van der Waals surface area contributed by atoms with Gasteiger partial charge >= 0.3 is 0 Å². The van der Waals surface area contributed by atoms with Gasteiger partial charge in [0.25, 0.3) is 5.91 Å². The van der Waals surface area contributed by atoms with E-state index >= 15 is 0 Å². The Balaban J connectivity index is 1.50. The van der Waals surface area contributed by atoms with Crippen molar-refractivity contribution < 1.29 is 9.53 Å². The van der Waals surface area contributed by atoms with Gasteiger partial charge in [-0.15, -0.1) is 0 Å². The molecule has 0 aliphatic carbocycles. The van der Waals surface area contributed by atoms with Crippen molar-refractivity contribution in [2.45, 2.75) is 6.42 Å². The Morgan fingerprint density at radius 2 is 1.75 bits per heavy atom. The van der Waals surface area contributed by atoms with Gasteiger partial charge in [0, 0.05) is 17.9 Å². The smallest absolute Gasteiger partial charge is 0.259 e. The maximum atomic E-state index is 12.4. The minimum atomic E-state index is -0.219. The second-order valence-electron chi connectivity index (χ2n) is 5.99. The lowest BCUT2D eigenvalue weighted by Gasteiger charge is -2.12. The van der Waals surface area contributed by atoms with Crippen LogP contribution in [0.2, 0.25) is 0 Å². The van der Waals surface area contributed by atoms with Crippen LogP contribution in [0.3, 0.4) is 0 Å². The number of rotatable bonds is 7. The second-order valence-corrected chi connectivity index (χ2v) is 7.18. The van der Waals surface area contributed by atoms with E-state index in [1.165, 1.54) is 5.56 Å². The molecule has 0 unspecified atom stereocenters. The van der Waals surface area contributed by atoms with E-state index < -0.39 is 0 Å². The lowest BCUT2D eigenvalue weighted by Crippen LogP contribution is -2.30. The number of hydrogen-bond acceptors (Lipinski definition) is 4. The molecule has 2 aromatic carbocycles. The third kappa shape index (κ3) is 5.55. The molecule has 0 aliphatic heterocycles. The van der Waals surface area contributed by atoms with Crippen LogP contribution in [0, 0.1) is 0 Å². The standard InChI is InChI=1S/C21H21N3O2S2/c1-26-19-5-3-2-4-18(19)20(25)23-16-6-8-17(9-7-16)24-21(27)22-12-10-15-11-13-28-14-15/h2-9,11,13-14H,10,12H2,1H3,(H,23,25)(H2,22,24,27). The first kappa shape index (κ1) is 19.9. The van der Waals surface area contributed by atoms with Gasteiger partial charge in [-0.25, -0.2) is 0 Å². The SMILES string of the molecule is COc1ccccc1C(=O)Nc1ccc(NC(=S)NCCc2ccsc2)cc1. The molecule has 0 spiro atoms. The van der Waals surface area contributed by atoms with Crippen LogP contribution in [0.4, 0.5) is 11.4 Å². The molecule has 0 atom stereocenters. The monoisotopic (exact) mass is 411 g/mol. The molecule has 1 heterocycles. The molecule has 0 saturated heterocycles. The van der Waals surface area contributed by atoms with E-state index in [0.29, 0.717) is 22.1 Å². The van der Waals surface area contributed by atoms with Gasteiger partial charge in [-0.05, 0) is 77.4 Å². The van der Waals surface area contributed by atoms with Gasteiger partial charge in [0.05, 0.1) is 12.7 Å². The molecule has 1 aromatic heterocycles. The Labute approximate surface area is 173 Å². The normalized spacial score (nSPS) is 10.2. The molecule has 3 N–H and O–H groups in total. The van der Waals surface area contributed by atoms with Crippen LogP contribution in [0.15, 0.2) is 65.4 Å². The molecule has 1 amide bonds. The van der Waals surface area contributed by atoms with Gasteiger partial charge < -0.3 is 20.7 Å². The molecule has 0 radical (unpaired) electrons. The fourth-order valence-electron chi connectivity index (χ4n) is 2.60. The highest BCUT2D eigenvalue weighted by molar-refractivity contribution is 7.80. The third-order valence-corrected chi connectivity index (χ3v) is 5.01. The van der Waals surface area contributed by atoms with Crippen molar-refractivity contribution in [2.24, 2.45) is 0 Å². The van der Waals surface area contributed by atoms with Crippen LogP contribution in [0.1, 0.15) is 15.9 Å². The minimum absolute atomic E-state index is 0.219. The Hall–Kier alpha value is -2.90. The Kier molecular flexibility index (Phi) is 7.00. The molecule has 3 rings (SSSR count). The van der Waals surface area contributed by atoms with E-state index in [1.807, 2.05) is 30.3 Å². The molecule has 0 bridgehead atoms. The number of para-hydroxylation sites is 1. The Bertz CT molecular complexity index is 925. The minimum Gasteiger partial charge on any atom is -0.496 e. The van der Waals surface area contributed by atoms with Gasteiger partial charge in [0.15, 0.2) is 5.11 Å². The van der Waals surface area contributed by atoms with Crippen LogP contribution in [-0.2, 0) is 6.42 Å². The summed E-state index contributed by atoms with van der Waals surface area (Å²) in [7, 11) is 1.55. The molecule has 3 aromatic rings. The van der Waals surface area contributed by atoms with E-state index in [0.717, 1.165) is 18.7 Å². The lowest BCUT2D eigenvalue weighted by atomic mass is 10.2. The van der Waals surface area contributed by atoms with Crippen molar-refractivity contribution >= 4 is 45.9 Å². The number of ether oxygens (including phenoxy) is 1. The summed E-state index contributed by atoms with van der Waals surface area (Å²) < 4.78 is 5.23. The third-order valence-electron chi connectivity index (χ3n) is 4.03. The summed E-state index contributed by atoms with van der Waals surface area (Å²) in [5.74, 6) is 0.320. The first-order valence-corrected chi connectivity index (χ1v) is 10.1. The highest BCUT2D eigenvalue weighted by Crippen LogP contribution is 2.20. The quantitative estimate of drug-likeness (QED) is 0.498. The van der Waals surface area contributed by atoms with Gasteiger partial charge in [0.1, 0.15) is 5.75 Å². The van der Waals surface area contributed by atoms with Gasteiger partial charge in [-0.1, -0.05) is 12.1 Å². The number of hydrogen-bond donors (Lipinski definition) is 3. The molecular weight excluding hydrogens is 390 g/mol. The summed E-state index contributed by atoms with van der Waals surface area (Å²) in [5.41, 5.74) is 3.33. The van der Waals surface area contributed by atoms with Crippen molar-refractivity contribution in [2.75, 3.05) is 24.3 Å². The molecule has 0 saturated carbocycles. The number of carbonyl (C=O) groups excluding carboxylic acids is 1. The van der Waals surface area contributed by atoms with Crippen molar-refractivity contribution in [3.8, 4) is 5.75 Å². The molecule has 5 nitrogen and oxygen atoms in total. The molecule has 28 heavy (non-hydrogen) atoms. The molecular formula is C21H21N3O2S2. The summed E-state index contributed by atoms with van der Waals surface area (Å²) in [5, 5.41) is 14.0. The predicted molar refractivity (Wildman–Crippen MR) is 120 cm³/mol. The van der Waals surface area contributed by atoms with Gasteiger partial charge in [-0.3, -0.25) is 4.79 Å². The maximum Gasteiger partial charge on any atom is 0.259 e. The van der Waals surface area contributed by atoms with E-state index in [2.05, 4.69) is 32.8 Å². The number of thiophene rings is 1. The number of carbonyl (C=O) groups is 1. The van der Waals surface area contributed by atoms with Crippen LogP contribution >= 0.6 is 23.6 Å². The predicted octanol–water partition coefficient (Wildman–Crippen LogP) is 4.54. The number of benzene rings is 2. The average molecular weight is 412 g/mol. The molecule has 7 heteroatoms. The van der Waals surface area contributed by atoms with E-state index in [-0.39, 0.29) is 5.91 Å². The van der Waals surface area contributed by atoms with Crippen LogP contribution < -0.4 is 20.7 Å². The average Bonchev–Trinajstić information content (AvgIpc) is 3.23. The first-order chi connectivity index (χ1) is 13.7. The summed E-state index contributed by atoms with van der Waals surface area (Å²) >= 11 is 7.02. The Morgan fingerprint density at radius 1 is 1.04 bits per heavy atom. The number of amides is 1. The van der Waals surface area contributed by atoms with Crippen molar-refractivity contribution in [1.29, 1.82) is 0 Å². The zero-order valence-corrected chi connectivity index (χ0v) is 17.0. The summed E-state index contributed by atoms with van der Waals surface area (Å²) in [6, 6.07) is 16.6. The van der Waals surface area contributed by atoms with E-state index in [9.17, 15) is 4.79 Å². The zero-order valence-electron chi connectivity index (χ0n) is 15.4. The number of anilines is 2. The zero-order chi connectivity index (χ0) is 19.8. The summed E-state index contributed by atoms with van der Waals surface area (Å²) in [6.45, 7) is 0.773. The Morgan fingerprint density at radius 3 is 2.43 bits per heavy atom. The summed E-state index contributed by atoms with van der Waals surface area (Å²) in [4.78, 5) is 12.4. The number of methoxy groups -OCH3 is 1. The highest BCUT2D eigenvalue weighted by atomic mass is 32.1. The largest absolute Gasteiger partial charge is 0.496 e. The maximum absolute atomic E-state index is 12.4. The topological polar surface area (TPSA) is 62.4 Å². The van der Waals surface area contributed by atoms with Crippen LogP contribution in [-0.4, -0.2) is 24.7 Å². The number of thiocarbonyl (C=S) groups is 1. The van der Waals surface area contributed by atoms with Gasteiger partial charge in [0.2, 0.25) is 0 Å². The van der Waals surface area contributed by atoms with E-state index in [4.69, 9.17) is 17.0 Å². The lowest BCUT2D eigenvalue weighted by molar-refractivity contribution is 0.102.